The standard InChI is InChI=1S/C12H19BrN2O2/c1-8-4-12(10(13)5-11(8)14)15-6-9(17-3)7-16-2/h4-5,9,15H,6-7,14H2,1-3H3. The fourth-order valence-electron chi connectivity index (χ4n) is 1.45. The lowest BCUT2D eigenvalue weighted by molar-refractivity contribution is 0.0365. The molecule has 1 atom stereocenters. The molecule has 0 heterocycles. The fraction of sp³-hybridized carbons (Fsp3) is 0.500. The Morgan fingerprint density at radius 3 is 2.71 bits per heavy atom. The van der Waals surface area contributed by atoms with Crippen molar-refractivity contribution in [1.29, 1.82) is 0 Å². The number of aryl methyl sites for hydroxylation is 1. The first kappa shape index (κ1) is 14.3. The molecule has 1 unspecified atom stereocenters. The molecule has 0 aliphatic heterocycles. The first-order chi connectivity index (χ1) is 8.08. The molecular weight excluding hydrogens is 284 g/mol. The van der Waals surface area contributed by atoms with Crippen molar-refractivity contribution in [1.82, 2.24) is 0 Å². The molecule has 0 fully saturated rings. The van der Waals surface area contributed by atoms with Crippen LogP contribution in [-0.2, 0) is 9.47 Å². The second kappa shape index (κ2) is 6.83. The summed E-state index contributed by atoms with van der Waals surface area (Å²) in [6.45, 7) is 3.23. The minimum absolute atomic E-state index is 0.0322. The molecule has 0 amide bonds. The van der Waals surface area contributed by atoms with Crippen LogP contribution in [0.1, 0.15) is 5.56 Å². The van der Waals surface area contributed by atoms with Gasteiger partial charge in [0.2, 0.25) is 0 Å². The van der Waals surface area contributed by atoms with Crippen molar-refractivity contribution in [3.8, 4) is 0 Å². The molecule has 1 rings (SSSR count). The van der Waals surface area contributed by atoms with E-state index in [-0.39, 0.29) is 6.10 Å². The van der Waals surface area contributed by atoms with E-state index in [4.69, 9.17) is 15.2 Å². The Bertz CT molecular complexity index is 372. The largest absolute Gasteiger partial charge is 0.398 e. The van der Waals surface area contributed by atoms with Gasteiger partial charge in [-0.15, -0.1) is 0 Å². The number of methoxy groups -OCH3 is 2. The maximum Gasteiger partial charge on any atom is 0.0976 e. The number of ether oxygens (including phenoxy) is 2. The number of halogens is 1. The van der Waals surface area contributed by atoms with Crippen molar-refractivity contribution in [2.45, 2.75) is 13.0 Å². The lowest BCUT2D eigenvalue weighted by Crippen LogP contribution is -2.26. The highest BCUT2D eigenvalue weighted by atomic mass is 79.9. The van der Waals surface area contributed by atoms with Crippen LogP contribution in [0, 0.1) is 6.92 Å². The molecule has 0 aliphatic carbocycles. The third-order valence-electron chi connectivity index (χ3n) is 2.56. The van der Waals surface area contributed by atoms with E-state index in [1.807, 2.05) is 19.1 Å². The van der Waals surface area contributed by atoms with Crippen LogP contribution in [0.3, 0.4) is 0 Å². The van der Waals surface area contributed by atoms with E-state index in [9.17, 15) is 0 Å². The van der Waals surface area contributed by atoms with Crippen LogP contribution >= 0.6 is 15.9 Å². The van der Waals surface area contributed by atoms with Gasteiger partial charge in [-0.05, 0) is 40.5 Å². The van der Waals surface area contributed by atoms with Crippen LogP contribution in [0.15, 0.2) is 16.6 Å². The van der Waals surface area contributed by atoms with Gasteiger partial charge in [0.25, 0.3) is 0 Å². The van der Waals surface area contributed by atoms with Crippen LogP contribution in [0.5, 0.6) is 0 Å². The Balaban J connectivity index is 2.65. The molecule has 0 radical (unpaired) electrons. The summed E-state index contributed by atoms with van der Waals surface area (Å²) >= 11 is 3.48. The summed E-state index contributed by atoms with van der Waals surface area (Å²) in [6, 6.07) is 3.91. The molecule has 1 aromatic carbocycles. The average Bonchev–Trinajstić information content (AvgIpc) is 2.30. The Labute approximate surface area is 111 Å². The zero-order chi connectivity index (χ0) is 12.8. The Kier molecular flexibility index (Phi) is 5.74. The molecule has 0 spiro atoms. The second-order valence-corrected chi connectivity index (χ2v) is 4.74. The summed E-state index contributed by atoms with van der Waals surface area (Å²) in [5.74, 6) is 0. The molecule has 0 saturated heterocycles. The SMILES string of the molecule is COCC(CNc1cc(C)c(N)cc1Br)OC. The predicted octanol–water partition coefficient (Wildman–Crippen LogP) is 2.41. The number of benzene rings is 1. The smallest absolute Gasteiger partial charge is 0.0976 e. The van der Waals surface area contributed by atoms with Gasteiger partial charge in [-0.3, -0.25) is 0 Å². The number of rotatable bonds is 6. The number of nitrogens with two attached hydrogens (primary N) is 1. The van der Waals surface area contributed by atoms with Gasteiger partial charge in [0.1, 0.15) is 0 Å². The zero-order valence-electron chi connectivity index (χ0n) is 10.4. The monoisotopic (exact) mass is 302 g/mol. The normalized spacial score (nSPS) is 12.5. The summed E-state index contributed by atoms with van der Waals surface area (Å²) in [5, 5.41) is 3.31. The highest BCUT2D eigenvalue weighted by Gasteiger charge is 2.08. The van der Waals surface area contributed by atoms with Gasteiger partial charge < -0.3 is 20.5 Å². The van der Waals surface area contributed by atoms with E-state index < -0.39 is 0 Å². The molecule has 5 heteroatoms. The number of hydrogen-bond donors (Lipinski definition) is 2. The number of anilines is 2. The zero-order valence-corrected chi connectivity index (χ0v) is 12.0. The first-order valence-electron chi connectivity index (χ1n) is 5.39. The third-order valence-corrected chi connectivity index (χ3v) is 3.22. The van der Waals surface area contributed by atoms with Crippen LogP contribution in [0.2, 0.25) is 0 Å². The van der Waals surface area contributed by atoms with Crippen molar-refractivity contribution < 1.29 is 9.47 Å². The topological polar surface area (TPSA) is 56.5 Å². The number of hydrogen-bond acceptors (Lipinski definition) is 4. The van der Waals surface area contributed by atoms with Gasteiger partial charge in [-0.2, -0.15) is 0 Å². The van der Waals surface area contributed by atoms with Gasteiger partial charge in [-0.1, -0.05) is 0 Å². The average molecular weight is 303 g/mol. The minimum atomic E-state index is 0.0322. The summed E-state index contributed by atoms with van der Waals surface area (Å²) in [6.07, 6.45) is 0.0322. The molecule has 3 N–H and O–H groups in total. The van der Waals surface area contributed by atoms with Crippen LogP contribution in [0.25, 0.3) is 0 Å². The van der Waals surface area contributed by atoms with Crippen molar-refractivity contribution in [2.75, 3.05) is 38.4 Å². The van der Waals surface area contributed by atoms with Gasteiger partial charge in [-0.25, -0.2) is 0 Å². The van der Waals surface area contributed by atoms with E-state index in [0.29, 0.717) is 13.2 Å². The van der Waals surface area contributed by atoms with E-state index in [0.717, 1.165) is 21.4 Å². The van der Waals surface area contributed by atoms with Gasteiger partial charge >= 0.3 is 0 Å². The highest BCUT2D eigenvalue weighted by molar-refractivity contribution is 9.10. The van der Waals surface area contributed by atoms with Crippen molar-refractivity contribution >= 4 is 27.3 Å². The van der Waals surface area contributed by atoms with Crippen LogP contribution < -0.4 is 11.1 Å². The lowest BCUT2D eigenvalue weighted by atomic mass is 10.2. The molecule has 0 aromatic heterocycles. The summed E-state index contributed by atoms with van der Waals surface area (Å²) < 4.78 is 11.3. The van der Waals surface area contributed by atoms with Gasteiger partial charge in [0.15, 0.2) is 0 Å². The van der Waals surface area contributed by atoms with Gasteiger partial charge in [0, 0.05) is 36.6 Å². The van der Waals surface area contributed by atoms with E-state index in [1.54, 1.807) is 14.2 Å². The maximum atomic E-state index is 5.82. The second-order valence-electron chi connectivity index (χ2n) is 3.88. The molecule has 0 aliphatic rings. The highest BCUT2D eigenvalue weighted by Crippen LogP contribution is 2.27. The molecule has 0 saturated carbocycles. The molecular formula is C12H19BrN2O2. The Morgan fingerprint density at radius 2 is 2.12 bits per heavy atom. The fourth-order valence-corrected chi connectivity index (χ4v) is 1.95. The lowest BCUT2D eigenvalue weighted by Gasteiger charge is -2.17. The number of nitrogens with one attached hydrogen (secondary N) is 1. The summed E-state index contributed by atoms with van der Waals surface area (Å²) in [5.41, 5.74) is 8.66. The van der Waals surface area contributed by atoms with E-state index in [1.165, 1.54) is 0 Å². The Morgan fingerprint density at radius 1 is 1.41 bits per heavy atom. The predicted molar refractivity (Wildman–Crippen MR) is 74.5 cm³/mol. The molecule has 4 nitrogen and oxygen atoms in total. The molecule has 1 aromatic rings. The van der Waals surface area contributed by atoms with Crippen molar-refractivity contribution in [3.63, 3.8) is 0 Å². The van der Waals surface area contributed by atoms with Crippen molar-refractivity contribution in [2.24, 2.45) is 0 Å². The minimum Gasteiger partial charge on any atom is -0.398 e. The number of nitrogen functional groups attached to an aromatic ring is 1. The van der Waals surface area contributed by atoms with Crippen LogP contribution in [-0.4, -0.2) is 33.5 Å². The molecule has 17 heavy (non-hydrogen) atoms. The van der Waals surface area contributed by atoms with Gasteiger partial charge in [0.05, 0.1) is 12.7 Å². The van der Waals surface area contributed by atoms with Crippen LogP contribution in [0.4, 0.5) is 11.4 Å². The maximum absolute atomic E-state index is 5.82. The third kappa shape index (κ3) is 4.18. The first-order valence-corrected chi connectivity index (χ1v) is 6.19. The molecule has 96 valence electrons. The van der Waals surface area contributed by atoms with Crippen molar-refractivity contribution in [3.05, 3.63) is 22.2 Å². The Hall–Kier alpha value is -0.780. The summed E-state index contributed by atoms with van der Waals surface area (Å²) in [4.78, 5) is 0. The molecule has 0 bridgehead atoms. The quantitative estimate of drug-likeness (QED) is 0.792. The summed E-state index contributed by atoms with van der Waals surface area (Å²) in [7, 11) is 3.34. The van der Waals surface area contributed by atoms with E-state index >= 15 is 0 Å². The van der Waals surface area contributed by atoms with E-state index in [2.05, 4.69) is 21.2 Å².